The molecule has 2 nitrogen and oxygen atoms in total. The first kappa shape index (κ1) is 8.13. The van der Waals surface area contributed by atoms with Crippen LogP contribution in [0.3, 0.4) is 0 Å². The molecule has 0 aliphatic heterocycles. The van der Waals surface area contributed by atoms with Crippen LogP contribution in [0.2, 0.25) is 0 Å². The van der Waals surface area contributed by atoms with E-state index in [4.69, 9.17) is 3.02 Å². The van der Waals surface area contributed by atoms with E-state index < -0.39 is 0 Å². The second-order valence-electron chi connectivity index (χ2n) is 2.38. The second-order valence-corrected chi connectivity index (χ2v) is 3.05. The van der Waals surface area contributed by atoms with Gasteiger partial charge in [-0.25, -0.2) is 0 Å². The van der Waals surface area contributed by atoms with Gasteiger partial charge in [-0.3, -0.25) is 0 Å². The quantitative estimate of drug-likeness (QED) is 0.635. The molecule has 0 aromatic carbocycles. The Labute approximate surface area is 74.7 Å². The molecule has 1 aliphatic rings. The Morgan fingerprint density at radius 2 is 2.40 bits per heavy atom. The summed E-state index contributed by atoms with van der Waals surface area (Å²) in [7, 11) is 0. The number of carbonyl (C=O) groups excluding carboxylic acids is 1. The van der Waals surface area contributed by atoms with E-state index in [-0.39, 0.29) is 5.97 Å². The molecule has 1 aliphatic carbocycles. The average molecular weight is 249 g/mol. The first-order valence-corrected chi connectivity index (χ1v) is 4.79. The van der Waals surface area contributed by atoms with Gasteiger partial charge in [-0.2, -0.15) is 0 Å². The molecule has 0 saturated carbocycles. The van der Waals surface area contributed by atoms with E-state index in [9.17, 15) is 4.79 Å². The van der Waals surface area contributed by atoms with Gasteiger partial charge < -0.3 is 0 Å². The predicted octanol–water partition coefficient (Wildman–Crippen LogP) is 0.578. The second kappa shape index (κ2) is 4.02. The van der Waals surface area contributed by atoms with Crippen LogP contribution in [0.5, 0.6) is 0 Å². The van der Waals surface area contributed by atoms with E-state index in [0.717, 1.165) is 24.8 Å². The molecule has 0 amide bonds. The van der Waals surface area contributed by atoms with Crippen LogP contribution in [0.4, 0.5) is 0 Å². The van der Waals surface area contributed by atoms with Gasteiger partial charge in [0.1, 0.15) is 0 Å². The Hall–Kier alpha value is 0.0282. The molecule has 0 fully saturated rings. The molecule has 0 bridgehead atoms. The maximum atomic E-state index is 10.9. The Morgan fingerprint density at radius 3 is 2.90 bits per heavy atom. The van der Waals surface area contributed by atoms with Crippen molar-refractivity contribution in [3.05, 3.63) is 11.6 Å². The van der Waals surface area contributed by atoms with Crippen molar-refractivity contribution in [1.29, 1.82) is 0 Å². The average Bonchev–Trinajstić information content (AvgIpc) is 2.05. The van der Waals surface area contributed by atoms with Crippen LogP contribution in [0.25, 0.3) is 0 Å². The molecule has 1 rings (SSSR count). The molecule has 0 heterocycles. The molecule has 0 aromatic heterocycles. The Balaban J connectivity index is 2.53. The van der Waals surface area contributed by atoms with Crippen molar-refractivity contribution in [3.63, 3.8) is 0 Å². The Kier molecular flexibility index (Phi) is 3.27. The summed E-state index contributed by atoms with van der Waals surface area (Å²) in [6.07, 6.45) is 6.33. The van der Waals surface area contributed by atoms with Gasteiger partial charge in [0.25, 0.3) is 0 Å². The molecule has 0 atom stereocenters. The summed E-state index contributed by atoms with van der Waals surface area (Å²) in [5.41, 5.74) is 0.888. The summed E-state index contributed by atoms with van der Waals surface area (Å²) in [4.78, 5) is 10.9. The third kappa shape index (κ3) is 2.02. The van der Waals surface area contributed by atoms with Crippen LogP contribution < -0.4 is 0 Å². The van der Waals surface area contributed by atoms with Gasteiger partial charge in [0.05, 0.1) is 0 Å². The van der Waals surface area contributed by atoms with Gasteiger partial charge in [0.2, 0.25) is 0 Å². The first-order chi connectivity index (χ1) is 4.84. The fourth-order valence-electron chi connectivity index (χ4n) is 1.10. The van der Waals surface area contributed by atoms with Gasteiger partial charge in [-0.1, -0.05) is 0 Å². The summed E-state index contributed by atoms with van der Waals surface area (Å²) in [5.74, 6) is -0.0953. The fourth-order valence-corrected chi connectivity index (χ4v) is 1.53. The van der Waals surface area contributed by atoms with Crippen LogP contribution in [0, 0.1) is 0 Å². The molecule has 0 saturated heterocycles. The number of allylic oxidation sites excluding steroid dienone is 1. The van der Waals surface area contributed by atoms with Crippen LogP contribution in [0.1, 0.15) is 25.7 Å². The zero-order valence-electron chi connectivity index (χ0n) is 5.80. The van der Waals surface area contributed by atoms with Crippen LogP contribution in [-0.4, -0.2) is 29.4 Å². The summed E-state index contributed by atoms with van der Waals surface area (Å²) in [6.45, 7) is 0. The van der Waals surface area contributed by atoms with Gasteiger partial charge in [-0.15, -0.1) is 0 Å². The molecular weight excluding hydrogens is 238 g/mol. The minimum atomic E-state index is -0.0953. The van der Waals surface area contributed by atoms with Crippen molar-refractivity contribution in [3.8, 4) is 0 Å². The van der Waals surface area contributed by atoms with Gasteiger partial charge in [0, 0.05) is 0 Å². The molecule has 0 spiro atoms. The third-order valence-corrected chi connectivity index (χ3v) is 2.27. The Bertz CT molecular complexity index is 163. The van der Waals surface area contributed by atoms with E-state index in [1.165, 1.54) is 6.42 Å². The number of hydrogen-bond acceptors (Lipinski definition) is 2. The van der Waals surface area contributed by atoms with Crippen molar-refractivity contribution >= 4 is 29.4 Å². The molecule has 10 heavy (non-hydrogen) atoms. The fraction of sp³-hybridized carbons (Fsp3) is 0.571. The number of carbonyl (C=O) groups is 1. The maximum absolute atomic E-state index is 10.9. The molecule has 0 aromatic rings. The molecule has 0 unspecified atom stereocenters. The molecule has 0 N–H and O–H groups in total. The molecule has 56 valence electrons. The Morgan fingerprint density at radius 1 is 1.60 bits per heavy atom. The molecule has 3 heteroatoms. The van der Waals surface area contributed by atoms with Gasteiger partial charge in [-0.05, 0) is 0 Å². The molecular formula is C7H11O2Sb. The van der Waals surface area contributed by atoms with Crippen molar-refractivity contribution < 1.29 is 7.81 Å². The normalized spacial score (nSPS) is 17.9. The summed E-state index contributed by atoms with van der Waals surface area (Å²) < 4.78 is 4.71. The number of rotatable bonds is 1. The van der Waals surface area contributed by atoms with Crippen molar-refractivity contribution in [1.82, 2.24) is 0 Å². The van der Waals surface area contributed by atoms with E-state index in [1.807, 2.05) is 6.08 Å². The summed E-state index contributed by atoms with van der Waals surface area (Å²) >= 11 is 0.574. The van der Waals surface area contributed by atoms with Gasteiger partial charge >= 0.3 is 74.6 Å². The predicted molar refractivity (Wildman–Crippen MR) is 41.2 cm³/mol. The van der Waals surface area contributed by atoms with Crippen molar-refractivity contribution in [2.45, 2.75) is 25.7 Å². The first-order valence-electron chi connectivity index (χ1n) is 3.44. The standard InChI is InChI=1S/C7H10O2.Sb.2H/c8-7(9)6-4-2-1-3-5-6;;;/h4H,1-3,5H2,(H,8,9);;;/q;+1;;/p-1. The van der Waals surface area contributed by atoms with Crippen LogP contribution >= 0.6 is 0 Å². The zero-order chi connectivity index (χ0) is 7.40. The van der Waals surface area contributed by atoms with Crippen LogP contribution in [0.15, 0.2) is 11.6 Å². The van der Waals surface area contributed by atoms with E-state index in [1.54, 1.807) is 0 Å². The summed E-state index contributed by atoms with van der Waals surface area (Å²) in [6, 6.07) is 0. The van der Waals surface area contributed by atoms with Crippen molar-refractivity contribution in [2.75, 3.05) is 0 Å². The van der Waals surface area contributed by atoms with Crippen LogP contribution in [-0.2, 0) is 7.81 Å². The van der Waals surface area contributed by atoms with E-state index in [0.29, 0.717) is 23.4 Å². The third-order valence-electron chi connectivity index (χ3n) is 1.66. The monoisotopic (exact) mass is 248 g/mol. The number of hydrogen-bond donors (Lipinski definition) is 0. The van der Waals surface area contributed by atoms with E-state index >= 15 is 0 Å². The SMILES string of the molecule is O=C([O][SbH2])C1=CCCCC1. The van der Waals surface area contributed by atoms with Gasteiger partial charge in [0.15, 0.2) is 0 Å². The summed E-state index contributed by atoms with van der Waals surface area (Å²) in [5, 5.41) is 0. The molecule has 0 radical (unpaired) electrons. The van der Waals surface area contributed by atoms with Crippen molar-refractivity contribution in [2.24, 2.45) is 0 Å². The topological polar surface area (TPSA) is 26.3 Å². The zero-order valence-corrected chi connectivity index (χ0v) is 9.10. The van der Waals surface area contributed by atoms with E-state index in [2.05, 4.69) is 0 Å². The minimum absolute atomic E-state index is 0.0953.